The summed E-state index contributed by atoms with van der Waals surface area (Å²) in [5.74, 6) is -0.281. The zero-order valence-corrected chi connectivity index (χ0v) is 14.8. The van der Waals surface area contributed by atoms with Crippen LogP contribution in [0.3, 0.4) is 0 Å². The number of carbonyl (C=O) groups is 1. The van der Waals surface area contributed by atoms with Crippen molar-refractivity contribution in [3.8, 4) is 5.69 Å². The number of nitro benzene ring substituents is 1. The first-order chi connectivity index (χ1) is 13.0. The zero-order chi connectivity index (χ0) is 19.2. The smallest absolute Gasteiger partial charge is 0.269 e. The van der Waals surface area contributed by atoms with Crippen molar-refractivity contribution in [1.29, 1.82) is 0 Å². The largest absolute Gasteiger partial charge is 0.292 e. The number of para-hydroxylation sites is 1. The number of nitro groups is 1. The van der Waals surface area contributed by atoms with Crippen molar-refractivity contribution in [3.63, 3.8) is 0 Å². The van der Waals surface area contributed by atoms with Crippen molar-refractivity contribution in [2.75, 3.05) is 5.43 Å². The Morgan fingerprint density at radius 3 is 2.52 bits per heavy atom. The van der Waals surface area contributed by atoms with Gasteiger partial charge in [-0.25, -0.2) is 0 Å². The predicted octanol–water partition coefficient (Wildman–Crippen LogP) is 2.68. The molecular weight excluding hydrogens is 370 g/mol. The summed E-state index contributed by atoms with van der Waals surface area (Å²) in [6.07, 6.45) is 0. The number of Topliss-reactive ketones (excluding diaryl/α,β-unsaturated/α-hetero) is 1. The molecule has 1 heterocycles. The van der Waals surface area contributed by atoms with Crippen molar-refractivity contribution in [1.82, 2.24) is 20.2 Å². The second kappa shape index (κ2) is 8.19. The van der Waals surface area contributed by atoms with Crippen LogP contribution < -0.4 is 5.43 Å². The highest BCUT2D eigenvalue weighted by molar-refractivity contribution is 8.15. The van der Waals surface area contributed by atoms with E-state index in [1.54, 1.807) is 0 Å². The number of nitrogens with zero attached hydrogens (tertiary/aromatic N) is 6. The third-order valence-corrected chi connectivity index (χ3v) is 4.30. The molecular formula is C16H13N7O3S. The van der Waals surface area contributed by atoms with E-state index in [1.165, 1.54) is 35.9 Å². The van der Waals surface area contributed by atoms with Crippen molar-refractivity contribution in [2.24, 2.45) is 5.10 Å². The maximum atomic E-state index is 11.9. The number of hydrazone groups is 1. The van der Waals surface area contributed by atoms with Gasteiger partial charge in [-0.05, 0) is 46.5 Å². The monoisotopic (exact) mass is 383 g/mol. The van der Waals surface area contributed by atoms with E-state index in [0.29, 0.717) is 10.8 Å². The topological polar surface area (TPSA) is 128 Å². The number of aromatic nitrogens is 4. The molecule has 0 bridgehead atoms. The molecule has 0 saturated heterocycles. The molecule has 0 aliphatic carbocycles. The number of hydrogen-bond acceptors (Lipinski definition) is 9. The lowest BCUT2D eigenvalue weighted by atomic mass is 10.3. The summed E-state index contributed by atoms with van der Waals surface area (Å²) >= 11 is 1.01. The fraction of sp³-hybridized carbons (Fsp3) is 0.0625. The van der Waals surface area contributed by atoms with Crippen LogP contribution in [0.15, 0.2) is 64.9 Å². The van der Waals surface area contributed by atoms with Gasteiger partial charge < -0.3 is 0 Å². The Hall–Kier alpha value is -3.60. The van der Waals surface area contributed by atoms with Crippen molar-refractivity contribution < 1.29 is 9.72 Å². The molecule has 27 heavy (non-hydrogen) atoms. The molecule has 1 aromatic heterocycles. The standard InChI is InChI=1S/C16H13N7O3S/c1-11(24)15(18-17-12-7-9-14(10-8-12)23(25)26)27-16-19-20-21-22(16)13-5-3-2-4-6-13/h2-10,17H,1H3/b18-15-. The lowest BCUT2D eigenvalue weighted by molar-refractivity contribution is -0.384. The quantitative estimate of drug-likeness (QED) is 0.226. The molecule has 11 heteroatoms. The molecule has 0 unspecified atom stereocenters. The van der Waals surface area contributed by atoms with Crippen LogP contribution >= 0.6 is 11.8 Å². The Bertz CT molecular complexity index is 987. The first-order valence-electron chi connectivity index (χ1n) is 7.65. The molecule has 1 N–H and O–H groups in total. The minimum absolute atomic E-state index is 0.0345. The van der Waals surface area contributed by atoms with Crippen LogP contribution in [0.25, 0.3) is 5.69 Å². The average molecular weight is 383 g/mol. The summed E-state index contributed by atoms with van der Waals surface area (Å²) in [4.78, 5) is 22.1. The van der Waals surface area contributed by atoms with Crippen LogP contribution in [0, 0.1) is 10.1 Å². The fourth-order valence-corrected chi connectivity index (χ4v) is 2.72. The molecule has 0 amide bonds. The molecule has 0 atom stereocenters. The molecule has 136 valence electrons. The van der Waals surface area contributed by atoms with E-state index < -0.39 is 4.92 Å². The second-order valence-corrected chi connectivity index (χ2v) is 6.16. The van der Waals surface area contributed by atoms with Crippen LogP contribution in [-0.4, -0.2) is 36.0 Å². The second-order valence-electron chi connectivity index (χ2n) is 5.20. The van der Waals surface area contributed by atoms with E-state index in [4.69, 9.17) is 0 Å². The van der Waals surface area contributed by atoms with Crippen molar-refractivity contribution in [3.05, 3.63) is 64.7 Å². The van der Waals surface area contributed by atoms with Crippen LogP contribution in [0.4, 0.5) is 11.4 Å². The number of non-ortho nitro benzene ring substituents is 1. The van der Waals surface area contributed by atoms with Crippen LogP contribution in [0.2, 0.25) is 0 Å². The number of thioether (sulfide) groups is 1. The number of benzene rings is 2. The lowest BCUT2D eigenvalue weighted by Gasteiger charge is -2.05. The Morgan fingerprint density at radius 2 is 1.89 bits per heavy atom. The van der Waals surface area contributed by atoms with Gasteiger partial charge in [0.1, 0.15) is 0 Å². The third-order valence-electron chi connectivity index (χ3n) is 3.30. The van der Waals surface area contributed by atoms with E-state index in [2.05, 4.69) is 26.1 Å². The number of hydrogen-bond donors (Lipinski definition) is 1. The Morgan fingerprint density at radius 1 is 1.19 bits per heavy atom. The van der Waals surface area contributed by atoms with E-state index >= 15 is 0 Å². The maximum Gasteiger partial charge on any atom is 0.269 e. The van der Waals surface area contributed by atoms with Gasteiger partial charge in [0.05, 0.1) is 16.3 Å². The van der Waals surface area contributed by atoms with Crippen molar-refractivity contribution >= 4 is 34.0 Å². The molecule has 0 fully saturated rings. The molecule has 2 aromatic carbocycles. The summed E-state index contributed by atoms with van der Waals surface area (Å²) in [5.41, 5.74) is 3.92. The summed E-state index contributed by atoms with van der Waals surface area (Å²) < 4.78 is 1.50. The molecule has 0 spiro atoms. The molecule has 3 aromatic rings. The Labute approximate surface area is 157 Å². The van der Waals surface area contributed by atoms with Gasteiger partial charge in [0, 0.05) is 19.1 Å². The fourth-order valence-electron chi connectivity index (χ4n) is 2.01. The third kappa shape index (κ3) is 4.52. The van der Waals surface area contributed by atoms with E-state index in [-0.39, 0.29) is 16.5 Å². The lowest BCUT2D eigenvalue weighted by Crippen LogP contribution is -2.10. The highest BCUT2D eigenvalue weighted by Gasteiger charge is 2.16. The minimum atomic E-state index is -0.493. The highest BCUT2D eigenvalue weighted by Crippen LogP contribution is 2.21. The Balaban J connectivity index is 1.79. The van der Waals surface area contributed by atoms with Crippen LogP contribution in [-0.2, 0) is 4.79 Å². The van der Waals surface area contributed by atoms with Gasteiger partial charge >= 0.3 is 0 Å². The van der Waals surface area contributed by atoms with Crippen molar-refractivity contribution in [2.45, 2.75) is 12.1 Å². The number of ketones is 1. The predicted molar refractivity (Wildman–Crippen MR) is 99.8 cm³/mol. The Kier molecular flexibility index (Phi) is 5.52. The molecule has 0 aliphatic rings. The van der Waals surface area contributed by atoms with Gasteiger partial charge in [-0.3, -0.25) is 20.3 Å². The highest BCUT2D eigenvalue weighted by atomic mass is 32.2. The average Bonchev–Trinajstić information content (AvgIpc) is 3.14. The summed E-state index contributed by atoms with van der Waals surface area (Å²) in [6, 6.07) is 14.9. The SMILES string of the molecule is CC(=O)/C(=N/Nc1ccc([N+](=O)[O-])cc1)Sc1nnnn1-c1ccccc1. The van der Waals surface area contributed by atoms with E-state index in [0.717, 1.165) is 17.4 Å². The van der Waals surface area contributed by atoms with Gasteiger partial charge in [0.2, 0.25) is 5.16 Å². The number of anilines is 1. The van der Waals surface area contributed by atoms with E-state index in [9.17, 15) is 14.9 Å². The summed E-state index contributed by atoms with van der Waals surface area (Å²) in [7, 11) is 0. The number of tetrazole rings is 1. The maximum absolute atomic E-state index is 11.9. The van der Waals surface area contributed by atoms with Gasteiger partial charge in [-0.15, -0.1) is 5.10 Å². The number of rotatable bonds is 6. The normalized spacial score (nSPS) is 11.2. The zero-order valence-electron chi connectivity index (χ0n) is 14.0. The van der Waals surface area contributed by atoms with Crippen LogP contribution in [0.1, 0.15) is 6.92 Å². The molecule has 10 nitrogen and oxygen atoms in total. The summed E-state index contributed by atoms with van der Waals surface area (Å²) in [5, 5.41) is 26.8. The van der Waals surface area contributed by atoms with Gasteiger partial charge in [0.25, 0.3) is 5.69 Å². The minimum Gasteiger partial charge on any atom is -0.292 e. The first-order valence-corrected chi connectivity index (χ1v) is 8.47. The molecule has 0 saturated carbocycles. The molecule has 0 radical (unpaired) electrons. The number of nitrogens with one attached hydrogen (secondary N) is 1. The molecule has 0 aliphatic heterocycles. The molecule has 3 rings (SSSR count). The van der Waals surface area contributed by atoms with Gasteiger partial charge in [-0.2, -0.15) is 9.78 Å². The first kappa shape index (κ1) is 18.2. The van der Waals surface area contributed by atoms with Gasteiger partial charge in [0.15, 0.2) is 10.8 Å². The van der Waals surface area contributed by atoms with Crippen LogP contribution in [0.5, 0.6) is 0 Å². The van der Waals surface area contributed by atoms with E-state index in [1.807, 2.05) is 30.3 Å². The van der Waals surface area contributed by atoms with Gasteiger partial charge in [-0.1, -0.05) is 18.2 Å². The number of carbonyl (C=O) groups excluding carboxylic acids is 1. The summed E-state index contributed by atoms with van der Waals surface area (Å²) in [6.45, 7) is 1.38.